The highest BCUT2D eigenvalue weighted by atomic mass is 16.5. The summed E-state index contributed by atoms with van der Waals surface area (Å²) < 4.78 is 7.36. The van der Waals surface area contributed by atoms with Gasteiger partial charge in [-0.25, -0.2) is 9.48 Å². The normalized spacial score (nSPS) is 17.0. The molecular formula is C18H24N4O2. The van der Waals surface area contributed by atoms with E-state index in [4.69, 9.17) is 4.74 Å². The third-order valence-electron chi connectivity index (χ3n) is 4.37. The molecule has 1 aliphatic heterocycles. The number of ether oxygens (including phenoxy) is 1. The quantitative estimate of drug-likeness (QED) is 0.906. The van der Waals surface area contributed by atoms with Crippen LogP contribution in [0.2, 0.25) is 0 Å². The molecule has 2 heterocycles. The summed E-state index contributed by atoms with van der Waals surface area (Å²) in [6, 6.07) is 6.02. The zero-order chi connectivity index (χ0) is 17.1. The van der Waals surface area contributed by atoms with Gasteiger partial charge in [0.15, 0.2) is 0 Å². The minimum Gasteiger partial charge on any atom is -0.376 e. The molecule has 0 spiro atoms. The Morgan fingerprint density at radius 1 is 1.38 bits per heavy atom. The predicted octanol–water partition coefficient (Wildman–Crippen LogP) is 3.10. The van der Waals surface area contributed by atoms with E-state index in [1.54, 1.807) is 6.20 Å². The van der Waals surface area contributed by atoms with Gasteiger partial charge in [0.25, 0.3) is 0 Å². The molecule has 1 fully saturated rings. The SMILES string of the molecule is Cc1ccc(C)c(-n2ncc(NC(=O)NCC3CCCO3)c2C)c1. The number of nitrogens with zero attached hydrogens (tertiary/aromatic N) is 2. The maximum atomic E-state index is 12.1. The zero-order valence-corrected chi connectivity index (χ0v) is 14.4. The van der Waals surface area contributed by atoms with Crippen molar-refractivity contribution in [1.82, 2.24) is 15.1 Å². The summed E-state index contributed by atoms with van der Waals surface area (Å²) in [5, 5.41) is 10.2. The number of urea groups is 1. The molecule has 2 aromatic rings. The number of hydrogen-bond donors (Lipinski definition) is 2. The van der Waals surface area contributed by atoms with Gasteiger partial charge in [-0.3, -0.25) is 0 Å². The number of carbonyl (C=O) groups excluding carboxylic acids is 1. The summed E-state index contributed by atoms with van der Waals surface area (Å²) in [6.07, 6.45) is 3.89. The van der Waals surface area contributed by atoms with E-state index in [9.17, 15) is 4.79 Å². The minimum atomic E-state index is -0.228. The molecule has 6 nitrogen and oxygen atoms in total. The molecule has 3 rings (SSSR count). The van der Waals surface area contributed by atoms with Gasteiger partial charge in [0, 0.05) is 13.2 Å². The van der Waals surface area contributed by atoms with Crippen LogP contribution in [0.5, 0.6) is 0 Å². The van der Waals surface area contributed by atoms with E-state index in [0.29, 0.717) is 12.2 Å². The van der Waals surface area contributed by atoms with Crippen LogP contribution in [0.25, 0.3) is 5.69 Å². The van der Waals surface area contributed by atoms with E-state index < -0.39 is 0 Å². The maximum absolute atomic E-state index is 12.1. The molecule has 0 radical (unpaired) electrons. The second kappa shape index (κ2) is 7.05. The van der Waals surface area contributed by atoms with Crippen molar-refractivity contribution in [3.8, 4) is 5.69 Å². The predicted molar refractivity (Wildman–Crippen MR) is 93.8 cm³/mol. The van der Waals surface area contributed by atoms with Gasteiger partial charge in [-0.1, -0.05) is 12.1 Å². The number of benzene rings is 1. The summed E-state index contributed by atoms with van der Waals surface area (Å²) in [7, 11) is 0. The number of anilines is 1. The van der Waals surface area contributed by atoms with Crippen molar-refractivity contribution in [2.45, 2.75) is 39.7 Å². The van der Waals surface area contributed by atoms with Crippen molar-refractivity contribution in [1.29, 1.82) is 0 Å². The molecule has 2 N–H and O–H groups in total. The molecule has 1 aliphatic rings. The molecule has 24 heavy (non-hydrogen) atoms. The van der Waals surface area contributed by atoms with Crippen LogP contribution in [0.1, 0.15) is 29.7 Å². The molecule has 1 atom stereocenters. The first-order chi connectivity index (χ1) is 11.5. The second-order valence-corrected chi connectivity index (χ2v) is 6.32. The van der Waals surface area contributed by atoms with Crippen LogP contribution < -0.4 is 10.6 Å². The van der Waals surface area contributed by atoms with Crippen LogP contribution in [0.4, 0.5) is 10.5 Å². The monoisotopic (exact) mass is 328 g/mol. The van der Waals surface area contributed by atoms with E-state index in [1.165, 1.54) is 5.56 Å². The number of rotatable bonds is 4. The fraction of sp³-hybridized carbons (Fsp3) is 0.444. The van der Waals surface area contributed by atoms with Gasteiger partial charge in [-0.05, 0) is 50.8 Å². The Morgan fingerprint density at radius 3 is 2.96 bits per heavy atom. The van der Waals surface area contributed by atoms with E-state index in [-0.39, 0.29) is 12.1 Å². The zero-order valence-electron chi connectivity index (χ0n) is 14.4. The highest BCUT2D eigenvalue weighted by Gasteiger charge is 2.17. The van der Waals surface area contributed by atoms with E-state index in [1.807, 2.05) is 11.6 Å². The van der Waals surface area contributed by atoms with Gasteiger partial charge in [0.1, 0.15) is 0 Å². The average Bonchev–Trinajstić information content (AvgIpc) is 3.19. The van der Waals surface area contributed by atoms with Gasteiger partial charge < -0.3 is 15.4 Å². The lowest BCUT2D eigenvalue weighted by molar-refractivity contribution is 0.112. The fourth-order valence-corrected chi connectivity index (χ4v) is 2.90. The number of hydrogen-bond acceptors (Lipinski definition) is 3. The van der Waals surface area contributed by atoms with Gasteiger partial charge in [-0.15, -0.1) is 0 Å². The maximum Gasteiger partial charge on any atom is 0.319 e. The number of amides is 2. The molecule has 1 unspecified atom stereocenters. The lowest BCUT2D eigenvalue weighted by atomic mass is 10.1. The first-order valence-corrected chi connectivity index (χ1v) is 8.33. The van der Waals surface area contributed by atoms with Crippen LogP contribution in [0.15, 0.2) is 24.4 Å². The molecule has 2 amide bonds. The summed E-state index contributed by atoms with van der Waals surface area (Å²) in [4.78, 5) is 12.1. The highest BCUT2D eigenvalue weighted by Crippen LogP contribution is 2.21. The van der Waals surface area contributed by atoms with Crippen LogP contribution in [-0.4, -0.2) is 35.1 Å². The van der Waals surface area contributed by atoms with Crippen molar-refractivity contribution in [3.05, 3.63) is 41.2 Å². The van der Waals surface area contributed by atoms with Crippen molar-refractivity contribution in [2.24, 2.45) is 0 Å². The van der Waals surface area contributed by atoms with Crippen LogP contribution in [0.3, 0.4) is 0 Å². The molecule has 0 bridgehead atoms. The Labute approximate surface area is 142 Å². The van der Waals surface area contributed by atoms with Crippen LogP contribution in [-0.2, 0) is 4.74 Å². The molecule has 0 saturated carbocycles. The number of aryl methyl sites for hydroxylation is 2. The third kappa shape index (κ3) is 3.59. The van der Waals surface area contributed by atoms with Gasteiger partial charge in [0.2, 0.25) is 0 Å². The molecule has 6 heteroatoms. The number of carbonyl (C=O) groups is 1. The van der Waals surface area contributed by atoms with Crippen molar-refractivity contribution < 1.29 is 9.53 Å². The van der Waals surface area contributed by atoms with Gasteiger partial charge in [0.05, 0.1) is 29.4 Å². The summed E-state index contributed by atoms with van der Waals surface area (Å²) in [5.74, 6) is 0. The van der Waals surface area contributed by atoms with Crippen molar-refractivity contribution >= 4 is 11.7 Å². The minimum absolute atomic E-state index is 0.134. The third-order valence-corrected chi connectivity index (χ3v) is 4.37. The van der Waals surface area contributed by atoms with E-state index in [2.05, 4.69) is 47.8 Å². The Kier molecular flexibility index (Phi) is 4.85. The standard InChI is InChI=1S/C18H24N4O2/c1-12-6-7-13(2)17(9-12)22-14(3)16(11-20-22)21-18(23)19-10-15-5-4-8-24-15/h6-7,9,11,15H,4-5,8,10H2,1-3H3,(H2,19,21,23). The second-order valence-electron chi connectivity index (χ2n) is 6.32. The number of nitrogens with one attached hydrogen (secondary N) is 2. The lowest BCUT2D eigenvalue weighted by Gasteiger charge is -2.12. The molecule has 0 aliphatic carbocycles. The van der Waals surface area contributed by atoms with E-state index >= 15 is 0 Å². The molecule has 128 valence electrons. The van der Waals surface area contributed by atoms with Crippen LogP contribution in [0, 0.1) is 20.8 Å². The average molecular weight is 328 g/mol. The topological polar surface area (TPSA) is 68.2 Å². The Balaban J connectivity index is 1.68. The van der Waals surface area contributed by atoms with Crippen LogP contribution >= 0.6 is 0 Å². The largest absolute Gasteiger partial charge is 0.376 e. The van der Waals surface area contributed by atoms with Crippen molar-refractivity contribution in [3.63, 3.8) is 0 Å². The number of aromatic nitrogens is 2. The van der Waals surface area contributed by atoms with E-state index in [0.717, 1.165) is 36.4 Å². The first-order valence-electron chi connectivity index (χ1n) is 8.33. The highest BCUT2D eigenvalue weighted by molar-refractivity contribution is 5.89. The Morgan fingerprint density at radius 2 is 2.21 bits per heavy atom. The Bertz CT molecular complexity index is 733. The first kappa shape index (κ1) is 16.5. The van der Waals surface area contributed by atoms with Gasteiger partial charge in [-0.2, -0.15) is 5.10 Å². The smallest absolute Gasteiger partial charge is 0.319 e. The lowest BCUT2D eigenvalue weighted by Crippen LogP contribution is -2.35. The Hall–Kier alpha value is -2.34. The van der Waals surface area contributed by atoms with Crippen molar-refractivity contribution in [2.75, 3.05) is 18.5 Å². The molecule has 1 aromatic heterocycles. The molecule has 1 aromatic carbocycles. The fourth-order valence-electron chi connectivity index (χ4n) is 2.90. The summed E-state index contributed by atoms with van der Waals surface area (Å²) in [6.45, 7) is 7.38. The molecular weight excluding hydrogens is 304 g/mol. The summed E-state index contributed by atoms with van der Waals surface area (Å²) >= 11 is 0. The molecule has 1 saturated heterocycles. The van der Waals surface area contributed by atoms with Gasteiger partial charge >= 0.3 is 6.03 Å². The summed E-state index contributed by atoms with van der Waals surface area (Å²) in [5.41, 5.74) is 4.95.